The van der Waals surface area contributed by atoms with Crippen molar-refractivity contribution in [3.63, 3.8) is 0 Å². The number of furan rings is 1. The van der Waals surface area contributed by atoms with Crippen LogP contribution in [0.4, 0.5) is 17.1 Å². The van der Waals surface area contributed by atoms with Crippen molar-refractivity contribution >= 4 is 82.4 Å². The number of aromatic nitrogens is 1. The molecule has 2 aromatic heterocycles. The molecule has 0 fully saturated rings. The van der Waals surface area contributed by atoms with Crippen LogP contribution in [0.1, 0.15) is 0 Å². The third-order valence-electron chi connectivity index (χ3n) is 10.7. The highest BCUT2D eigenvalue weighted by Gasteiger charge is 2.21. The van der Waals surface area contributed by atoms with Gasteiger partial charge in [0.2, 0.25) is 0 Å². The Hall–Kier alpha value is -7.10. The van der Waals surface area contributed by atoms with Crippen molar-refractivity contribution in [1.29, 1.82) is 0 Å². The van der Waals surface area contributed by atoms with E-state index in [2.05, 4.69) is 204 Å². The van der Waals surface area contributed by atoms with Gasteiger partial charge in [-0.15, -0.1) is 0 Å². The Labute approximate surface area is 306 Å². The summed E-state index contributed by atoms with van der Waals surface area (Å²) in [5, 5.41) is 9.51. The minimum absolute atomic E-state index is 0.872. The van der Waals surface area contributed by atoms with Gasteiger partial charge in [-0.2, -0.15) is 0 Å². The third kappa shape index (κ3) is 4.61. The minimum atomic E-state index is 0.872. The van der Waals surface area contributed by atoms with Gasteiger partial charge in [0.05, 0.1) is 11.0 Å². The van der Waals surface area contributed by atoms with Crippen LogP contribution in [-0.2, 0) is 0 Å². The average Bonchev–Trinajstić information content (AvgIpc) is 3.77. The number of para-hydroxylation sites is 3. The third-order valence-corrected chi connectivity index (χ3v) is 10.7. The summed E-state index contributed by atoms with van der Waals surface area (Å²) in [6.45, 7) is 0. The molecule has 0 aliphatic heterocycles. The number of benzene rings is 9. The van der Waals surface area contributed by atoms with Crippen molar-refractivity contribution in [2.75, 3.05) is 4.90 Å². The monoisotopic (exact) mass is 676 g/mol. The molecule has 0 spiro atoms. The Morgan fingerprint density at radius 1 is 0.358 bits per heavy atom. The first kappa shape index (κ1) is 29.6. The zero-order valence-corrected chi connectivity index (χ0v) is 28.8. The van der Waals surface area contributed by atoms with Gasteiger partial charge in [-0.3, -0.25) is 0 Å². The van der Waals surface area contributed by atoms with Crippen LogP contribution >= 0.6 is 0 Å². The SMILES string of the molecule is c1ccc(N(c2ccc3ccccc3c2)c2ccc3oc4cc(-c5cccc6c5c5ccccc5n6-c5ccccc5)c5ccccc5c4c3c2)cc1. The molecule has 248 valence electrons. The first-order valence-corrected chi connectivity index (χ1v) is 18.1. The second-order valence-electron chi connectivity index (χ2n) is 13.7. The highest BCUT2D eigenvalue weighted by atomic mass is 16.3. The molecule has 0 saturated heterocycles. The smallest absolute Gasteiger partial charge is 0.136 e. The van der Waals surface area contributed by atoms with E-state index in [9.17, 15) is 0 Å². The largest absolute Gasteiger partial charge is 0.456 e. The predicted molar refractivity (Wildman–Crippen MR) is 223 cm³/mol. The summed E-state index contributed by atoms with van der Waals surface area (Å²) in [7, 11) is 0. The molecule has 9 aromatic carbocycles. The summed E-state index contributed by atoms with van der Waals surface area (Å²) in [6.07, 6.45) is 0. The van der Waals surface area contributed by atoms with E-state index in [1.807, 2.05) is 0 Å². The quantitative estimate of drug-likeness (QED) is 0.181. The van der Waals surface area contributed by atoms with Gasteiger partial charge in [-0.1, -0.05) is 121 Å². The van der Waals surface area contributed by atoms with E-state index < -0.39 is 0 Å². The molecule has 0 amide bonds. The molecule has 0 N–H and O–H groups in total. The van der Waals surface area contributed by atoms with E-state index in [4.69, 9.17) is 4.42 Å². The van der Waals surface area contributed by atoms with Crippen molar-refractivity contribution in [3.8, 4) is 16.8 Å². The number of anilines is 3. The van der Waals surface area contributed by atoms with E-state index in [0.717, 1.165) is 50.3 Å². The Morgan fingerprint density at radius 3 is 1.87 bits per heavy atom. The summed E-state index contributed by atoms with van der Waals surface area (Å²) in [5.41, 5.74) is 10.9. The molecule has 0 aliphatic rings. The fourth-order valence-corrected chi connectivity index (χ4v) is 8.43. The summed E-state index contributed by atoms with van der Waals surface area (Å²) in [4.78, 5) is 2.34. The van der Waals surface area contributed by atoms with E-state index in [0.29, 0.717) is 0 Å². The summed E-state index contributed by atoms with van der Waals surface area (Å²) in [6, 6.07) is 69.6. The lowest BCUT2D eigenvalue weighted by Crippen LogP contribution is -2.09. The van der Waals surface area contributed by atoms with Crippen LogP contribution in [0, 0.1) is 0 Å². The van der Waals surface area contributed by atoms with Gasteiger partial charge in [-0.05, 0) is 105 Å². The summed E-state index contributed by atoms with van der Waals surface area (Å²) >= 11 is 0. The standard InChI is InChI=1S/C50H32N2O/c1-3-16-35(17-4-1)51(37-27-26-33-14-7-8-15-34(33)30-37)38-28-29-47-44(31-38)50-40-21-10-9-20-39(40)43(32-48(50)53-47)41-23-13-25-46-49(41)42-22-11-12-24-45(42)52(46)36-18-5-2-6-19-36/h1-32H. The minimum Gasteiger partial charge on any atom is -0.456 e. The first-order valence-electron chi connectivity index (χ1n) is 18.1. The molecule has 11 rings (SSSR count). The van der Waals surface area contributed by atoms with Crippen LogP contribution in [0.3, 0.4) is 0 Å². The van der Waals surface area contributed by atoms with Gasteiger partial charge in [0.1, 0.15) is 11.2 Å². The van der Waals surface area contributed by atoms with Crippen LogP contribution in [0.5, 0.6) is 0 Å². The van der Waals surface area contributed by atoms with Crippen LogP contribution < -0.4 is 4.90 Å². The molecule has 0 atom stereocenters. The maximum Gasteiger partial charge on any atom is 0.136 e. The van der Waals surface area contributed by atoms with Crippen molar-refractivity contribution in [1.82, 2.24) is 4.57 Å². The molecular formula is C50H32N2O. The van der Waals surface area contributed by atoms with Crippen LogP contribution in [-0.4, -0.2) is 4.57 Å². The lowest BCUT2D eigenvalue weighted by atomic mass is 9.92. The second-order valence-corrected chi connectivity index (χ2v) is 13.7. The predicted octanol–water partition coefficient (Wildman–Crippen LogP) is 14.1. The first-order chi connectivity index (χ1) is 26.3. The molecule has 53 heavy (non-hydrogen) atoms. The van der Waals surface area contributed by atoms with Crippen molar-refractivity contribution < 1.29 is 4.42 Å². The molecule has 0 aliphatic carbocycles. The fraction of sp³-hybridized carbons (Fsp3) is 0. The molecular weight excluding hydrogens is 645 g/mol. The molecule has 3 heteroatoms. The zero-order chi connectivity index (χ0) is 34.9. The number of hydrogen-bond donors (Lipinski definition) is 0. The summed E-state index contributed by atoms with van der Waals surface area (Å²) < 4.78 is 9.16. The number of rotatable bonds is 5. The van der Waals surface area contributed by atoms with Crippen LogP contribution in [0.2, 0.25) is 0 Å². The zero-order valence-electron chi connectivity index (χ0n) is 28.8. The van der Waals surface area contributed by atoms with Gasteiger partial charge < -0.3 is 13.9 Å². The average molecular weight is 677 g/mol. The molecule has 11 aromatic rings. The maximum absolute atomic E-state index is 6.78. The van der Waals surface area contributed by atoms with Crippen molar-refractivity contribution in [2.24, 2.45) is 0 Å². The number of nitrogens with zero attached hydrogens (tertiary/aromatic N) is 2. The van der Waals surface area contributed by atoms with Gasteiger partial charge >= 0.3 is 0 Å². The lowest BCUT2D eigenvalue weighted by molar-refractivity contribution is 0.669. The molecule has 0 radical (unpaired) electrons. The highest BCUT2D eigenvalue weighted by molar-refractivity contribution is 6.25. The Bertz CT molecular complexity index is 3170. The molecule has 2 heterocycles. The van der Waals surface area contributed by atoms with Gasteiger partial charge in [0.25, 0.3) is 0 Å². The van der Waals surface area contributed by atoms with E-state index in [-0.39, 0.29) is 0 Å². The Balaban J connectivity index is 1.15. The molecule has 0 unspecified atom stereocenters. The van der Waals surface area contributed by atoms with E-state index in [1.165, 1.54) is 48.9 Å². The van der Waals surface area contributed by atoms with E-state index in [1.54, 1.807) is 0 Å². The molecule has 0 saturated carbocycles. The second kappa shape index (κ2) is 11.7. The fourth-order valence-electron chi connectivity index (χ4n) is 8.43. The van der Waals surface area contributed by atoms with Gasteiger partial charge in [0, 0.05) is 44.3 Å². The van der Waals surface area contributed by atoms with Gasteiger partial charge in [0.15, 0.2) is 0 Å². The van der Waals surface area contributed by atoms with Crippen LogP contribution in [0.15, 0.2) is 199 Å². The van der Waals surface area contributed by atoms with Crippen LogP contribution in [0.25, 0.3) is 82.1 Å². The van der Waals surface area contributed by atoms with Gasteiger partial charge in [-0.25, -0.2) is 0 Å². The molecule has 0 bridgehead atoms. The van der Waals surface area contributed by atoms with E-state index >= 15 is 0 Å². The van der Waals surface area contributed by atoms with Crippen molar-refractivity contribution in [3.05, 3.63) is 194 Å². The molecule has 3 nitrogen and oxygen atoms in total. The normalized spacial score (nSPS) is 11.8. The topological polar surface area (TPSA) is 21.3 Å². The Morgan fingerprint density at radius 2 is 1.02 bits per heavy atom. The van der Waals surface area contributed by atoms with Crippen molar-refractivity contribution in [2.45, 2.75) is 0 Å². The number of hydrogen-bond acceptors (Lipinski definition) is 2. The maximum atomic E-state index is 6.78. The lowest BCUT2D eigenvalue weighted by Gasteiger charge is -2.26. The highest BCUT2D eigenvalue weighted by Crippen LogP contribution is 2.46. The summed E-state index contributed by atoms with van der Waals surface area (Å²) in [5.74, 6) is 0. The number of fused-ring (bicyclic) bond motifs is 9. The Kier molecular flexibility index (Phi) is 6.55.